The maximum absolute atomic E-state index is 4.19. The van der Waals surface area contributed by atoms with E-state index in [1.54, 1.807) is 6.08 Å². The Morgan fingerprint density at radius 3 is 2.92 bits per heavy atom. The molecule has 2 nitrogen and oxygen atoms in total. The Labute approximate surface area is 72.7 Å². The minimum absolute atomic E-state index is 0.794. The molecule has 0 aliphatic rings. The molecule has 0 aliphatic heterocycles. The largest absolute Gasteiger partial charge is 0.262 e. The molecule has 1 aromatic heterocycles. The van der Waals surface area contributed by atoms with Crippen molar-refractivity contribution in [1.82, 2.24) is 4.98 Å². The standard InChI is InChI=1S/C10H12N2/c1-4-8-6-10(11-3)9(5-2)12-7-8/h5-7H,2-4H2,1H3. The molecule has 2 heteroatoms. The molecule has 12 heavy (non-hydrogen) atoms. The van der Waals surface area contributed by atoms with Gasteiger partial charge in [0.2, 0.25) is 0 Å². The highest BCUT2D eigenvalue weighted by molar-refractivity contribution is 5.61. The third-order valence-electron chi connectivity index (χ3n) is 1.73. The third-order valence-corrected chi connectivity index (χ3v) is 1.73. The molecule has 0 atom stereocenters. The molecule has 0 saturated heterocycles. The van der Waals surface area contributed by atoms with E-state index in [1.807, 2.05) is 12.3 Å². The fraction of sp³-hybridized carbons (Fsp3) is 0.200. The molecule has 0 spiro atoms. The van der Waals surface area contributed by atoms with Crippen LogP contribution in [0.2, 0.25) is 0 Å². The number of aliphatic imine (C=N–C) groups is 1. The lowest BCUT2D eigenvalue weighted by atomic mass is 10.2. The molecule has 0 amide bonds. The van der Waals surface area contributed by atoms with Crippen molar-refractivity contribution in [2.24, 2.45) is 4.99 Å². The van der Waals surface area contributed by atoms with Crippen molar-refractivity contribution in [2.45, 2.75) is 13.3 Å². The Morgan fingerprint density at radius 1 is 1.67 bits per heavy atom. The summed E-state index contributed by atoms with van der Waals surface area (Å²) in [5.41, 5.74) is 2.77. The molecule has 0 saturated carbocycles. The van der Waals surface area contributed by atoms with Gasteiger partial charge in [-0.1, -0.05) is 13.5 Å². The molecule has 0 bridgehead atoms. The Balaban J connectivity index is 3.18. The van der Waals surface area contributed by atoms with Crippen LogP contribution in [0.5, 0.6) is 0 Å². The molecule has 62 valence electrons. The highest BCUT2D eigenvalue weighted by atomic mass is 14.8. The van der Waals surface area contributed by atoms with Crippen molar-refractivity contribution < 1.29 is 0 Å². The molecular weight excluding hydrogens is 148 g/mol. The van der Waals surface area contributed by atoms with Gasteiger partial charge in [-0.2, -0.15) is 0 Å². The fourth-order valence-corrected chi connectivity index (χ4v) is 0.983. The molecule has 1 rings (SSSR count). The lowest BCUT2D eigenvalue weighted by molar-refractivity contribution is 1.10. The summed E-state index contributed by atoms with van der Waals surface area (Å²) >= 11 is 0. The smallest absolute Gasteiger partial charge is 0.0881 e. The number of aryl methyl sites for hydroxylation is 1. The summed E-state index contributed by atoms with van der Waals surface area (Å²) in [7, 11) is 0. The molecule has 0 aliphatic carbocycles. The predicted octanol–water partition coefficient (Wildman–Crippen LogP) is 2.62. The highest BCUT2D eigenvalue weighted by Gasteiger charge is 1.98. The monoisotopic (exact) mass is 160 g/mol. The molecule has 1 heterocycles. The van der Waals surface area contributed by atoms with Crippen molar-refractivity contribution in [1.29, 1.82) is 0 Å². The Bertz CT molecular complexity index is 303. The first-order chi connectivity index (χ1) is 5.81. The van der Waals surface area contributed by atoms with E-state index in [0.29, 0.717) is 0 Å². The Kier molecular flexibility index (Phi) is 2.75. The normalized spacial score (nSPS) is 9.42. The summed E-state index contributed by atoms with van der Waals surface area (Å²) in [5, 5.41) is 0. The first-order valence-corrected chi connectivity index (χ1v) is 3.90. The minimum atomic E-state index is 0.794. The average Bonchev–Trinajstić information content (AvgIpc) is 2.16. The van der Waals surface area contributed by atoms with Gasteiger partial charge in [0.1, 0.15) is 0 Å². The van der Waals surface area contributed by atoms with E-state index in [-0.39, 0.29) is 0 Å². The first-order valence-electron chi connectivity index (χ1n) is 3.90. The molecule has 0 unspecified atom stereocenters. The van der Waals surface area contributed by atoms with Crippen molar-refractivity contribution >= 4 is 18.5 Å². The number of hydrogen-bond donors (Lipinski definition) is 0. The van der Waals surface area contributed by atoms with Crippen molar-refractivity contribution in [3.05, 3.63) is 30.1 Å². The predicted molar refractivity (Wildman–Crippen MR) is 52.9 cm³/mol. The van der Waals surface area contributed by atoms with Gasteiger partial charge >= 0.3 is 0 Å². The second-order valence-electron chi connectivity index (χ2n) is 2.46. The summed E-state index contributed by atoms with van der Waals surface area (Å²) in [5.74, 6) is 0. The van der Waals surface area contributed by atoms with Gasteiger partial charge in [0.25, 0.3) is 0 Å². The Hall–Kier alpha value is -1.44. The van der Waals surface area contributed by atoms with Gasteiger partial charge in [-0.25, -0.2) is 0 Å². The van der Waals surface area contributed by atoms with Crippen LogP contribution in [0.4, 0.5) is 5.69 Å². The quantitative estimate of drug-likeness (QED) is 0.624. The van der Waals surface area contributed by atoms with Gasteiger partial charge in [-0.3, -0.25) is 9.98 Å². The van der Waals surface area contributed by atoms with E-state index in [9.17, 15) is 0 Å². The lowest BCUT2D eigenvalue weighted by Crippen LogP contribution is -1.86. The number of rotatable bonds is 3. The first kappa shape index (κ1) is 8.65. The van der Waals surface area contributed by atoms with Gasteiger partial charge in [0, 0.05) is 6.20 Å². The van der Waals surface area contributed by atoms with Crippen LogP contribution in [0.25, 0.3) is 6.08 Å². The van der Waals surface area contributed by atoms with Crippen LogP contribution in [-0.4, -0.2) is 11.7 Å². The van der Waals surface area contributed by atoms with E-state index >= 15 is 0 Å². The van der Waals surface area contributed by atoms with Crippen LogP contribution in [0, 0.1) is 0 Å². The van der Waals surface area contributed by atoms with Crippen LogP contribution in [0.15, 0.2) is 23.8 Å². The van der Waals surface area contributed by atoms with Gasteiger partial charge in [-0.05, 0) is 30.8 Å². The van der Waals surface area contributed by atoms with Crippen molar-refractivity contribution in [3.8, 4) is 0 Å². The van der Waals surface area contributed by atoms with Gasteiger partial charge in [0.15, 0.2) is 0 Å². The van der Waals surface area contributed by atoms with Crippen LogP contribution in [-0.2, 0) is 6.42 Å². The molecule has 0 radical (unpaired) electrons. The summed E-state index contributed by atoms with van der Waals surface area (Å²) in [6.07, 6.45) is 4.49. The maximum Gasteiger partial charge on any atom is 0.0881 e. The lowest BCUT2D eigenvalue weighted by Gasteiger charge is -2.01. The van der Waals surface area contributed by atoms with Crippen molar-refractivity contribution in [3.63, 3.8) is 0 Å². The number of hydrogen-bond acceptors (Lipinski definition) is 2. The van der Waals surface area contributed by atoms with Crippen LogP contribution in [0.3, 0.4) is 0 Å². The maximum atomic E-state index is 4.19. The van der Waals surface area contributed by atoms with Crippen LogP contribution >= 0.6 is 0 Å². The zero-order chi connectivity index (χ0) is 8.97. The van der Waals surface area contributed by atoms with Gasteiger partial charge < -0.3 is 0 Å². The third kappa shape index (κ3) is 1.59. The van der Waals surface area contributed by atoms with Crippen molar-refractivity contribution in [2.75, 3.05) is 0 Å². The fourth-order valence-electron chi connectivity index (χ4n) is 0.983. The molecule has 0 aromatic carbocycles. The molecule has 0 fully saturated rings. The minimum Gasteiger partial charge on any atom is -0.262 e. The second-order valence-corrected chi connectivity index (χ2v) is 2.46. The van der Waals surface area contributed by atoms with E-state index in [4.69, 9.17) is 0 Å². The summed E-state index contributed by atoms with van der Waals surface area (Å²) in [4.78, 5) is 8.05. The summed E-state index contributed by atoms with van der Waals surface area (Å²) in [6.45, 7) is 9.20. The zero-order valence-electron chi connectivity index (χ0n) is 7.25. The number of pyridine rings is 1. The molecular formula is C10H12N2. The second kappa shape index (κ2) is 3.81. The Morgan fingerprint density at radius 2 is 2.42 bits per heavy atom. The van der Waals surface area contributed by atoms with Gasteiger partial charge in [-0.15, -0.1) is 0 Å². The average molecular weight is 160 g/mol. The highest BCUT2D eigenvalue weighted by Crippen LogP contribution is 2.18. The molecule has 1 aromatic rings. The number of nitrogens with zero attached hydrogens (tertiary/aromatic N) is 2. The summed E-state index contributed by atoms with van der Waals surface area (Å²) in [6, 6.07) is 1.98. The topological polar surface area (TPSA) is 25.2 Å². The van der Waals surface area contributed by atoms with E-state index < -0.39 is 0 Å². The SMILES string of the molecule is C=Cc1ncc(CC)cc1N=C. The van der Waals surface area contributed by atoms with Crippen LogP contribution < -0.4 is 0 Å². The van der Waals surface area contributed by atoms with E-state index in [0.717, 1.165) is 17.8 Å². The van der Waals surface area contributed by atoms with Crippen LogP contribution in [0.1, 0.15) is 18.2 Å². The van der Waals surface area contributed by atoms with E-state index in [2.05, 4.69) is 30.2 Å². The van der Waals surface area contributed by atoms with Gasteiger partial charge in [0.05, 0.1) is 11.4 Å². The number of aromatic nitrogens is 1. The zero-order valence-corrected chi connectivity index (χ0v) is 7.25. The van der Waals surface area contributed by atoms with E-state index in [1.165, 1.54) is 5.56 Å². The summed E-state index contributed by atoms with van der Waals surface area (Å²) < 4.78 is 0. The molecule has 0 N–H and O–H groups in total.